The highest BCUT2D eigenvalue weighted by atomic mass is 15.2. The van der Waals surface area contributed by atoms with Crippen LogP contribution in [0.1, 0.15) is 28.8 Å². The average Bonchev–Trinajstić information content (AvgIpc) is 3.84. The molecular weight excluding hydrogens is 540 g/mol. The summed E-state index contributed by atoms with van der Waals surface area (Å²) in [7, 11) is 0. The van der Waals surface area contributed by atoms with Gasteiger partial charge in [0.25, 0.3) is 0 Å². The molecule has 0 aliphatic rings. The quantitative estimate of drug-likeness (QED) is 0.207. The third kappa shape index (κ3) is 3.68. The predicted molar refractivity (Wildman–Crippen MR) is 177 cm³/mol. The van der Waals surface area contributed by atoms with Crippen LogP contribution in [0.3, 0.4) is 0 Å². The van der Waals surface area contributed by atoms with Crippen molar-refractivity contribution in [2.45, 2.75) is 0 Å². The molecule has 0 atom stereocenters. The summed E-state index contributed by atoms with van der Waals surface area (Å²) in [6.07, 6.45) is 1.34. The summed E-state index contributed by atoms with van der Waals surface area (Å²) in [5, 5.41) is -0.938. The minimum atomic E-state index is -0.874. The van der Waals surface area contributed by atoms with E-state index in [1.165, 1.54) is 18.3 Å². The zero-order valence-corrected chi connectivity index (χ0v) is 21.9. The lowest BCUT2D eigenvalue weighted by Gasteiger charge is -2.15. The van der Waals surface area contributed by atoms with Gasteiger partial charge in [-0.25, -0.2) is 4.98 Å². The zero-order chi connectivity index (χ0) is 47.3. The van der Waals surface area contributed by atoms with Gasteiger partial charge in [-0.3, -0.25) is 9.55 Å². The fourth-order valence-electron chi connectivity index (χ4n) is 5.07. The molecule has 0 bridgehead atoms. The van der Waals surface area contributed by atoms with Crippen LogP contribution in [0.15, 0.2) is 145 Å². The van der Waals surface area contributed by atoms with Gasteiger partial charge in [0.2, 0.25) is 5.95 Å². The van der Waals surface area contributed by atoms with Crippen LogP contribution >= 0.6 is 0 Å². The lowest BCUT2D eigenvalue weighted by molar-refractivity contribution is 0.951. The van der Waals surface area contributed by atoms with Crippen LogP contribution in [0.5, 0.6) is 0 Å². The molecular formula is C38H24N6. The number of pyridine rings is 1. The van der Waals surface area contributed by atoms with Gasteiger partial charge in [-0.05, 0) is 42.3 Å². The van der Waals surface area contributed by atoms with Crippen LogP contribution in [-0.4, -0.2) is 29.1 Å². The first-order chi connectivity index (χ1) is 30.6. The van der Waals surface area contributed by atoms with E-state index < -0.39 is 183 Å². The Morgan fingerprint density at radius 2 is 1.09 bits per heavy atom. The van der Waals surface area contributed by atoms with E-state index in [4.69, 9.17) is 26.0 Å². The lowest BCUT2D eigenvalue weighted by Crippen LogP contribution is -2.07. The van der Waals surface area contributed by atoms with Crippen molar-refractivity contribution >= 4 is 43.7 Å². The summed E-state index contributed by atoms with van der Waals surface area (Å²) < 4.78 is 186. The van der Waals surface area contributed by atoms with E-state index in [0.29, 0.717) is 0 Å². The Kier molecular flexibility index (Phi) is 2.54. The molecule has 9 aromatic rings. The van der Waals surface area contributed by atoms with Crippen molar-refractivity contribution in [3.63, 3.8) is 0 Å². The normalized spacial score (nSPS) is 18.3. The number of fused-ring (bicyclic) bond motifs is 6. The topological polar surface area (TPSA) is 61.4 Å². The molecule has 0 radical (unpaired) electrons. The van der Waals surface area contributed by atoms with Gasteiger partial charge in [0, 0.05) is 33.5 Å². The second-order valence-electron chi connectivity index (χ2n) is 9.22. The highest BCUT2D eigenvalue weighted by Gasteiger charge is 2.21. The standard InChI is InChI=1S/C38H24N6/c1-2-13-25(14-3-1)36-40-37(42-38(41-36)44-30-19-8-4-15-26(30)27-16-5-9-20-31(27)44)29-18-7-11-22-33(29)43-32-21-10-6-17-28(32)35-34(43)23-12-24-39-35/h1-24H/i1D,2D,3D,4D,5D,6D,7D,8D,9D,10D,11D,13D,14D,15D,16D,17D,18D,19D,20D,21D,22D. The van der Waals surface area contributed by atoms with E-state index in [9.17, 15) is 2.74 Å². The molecule has 4 heterocycles. The van der Waals surface area contributed by atoms with Crippen molar-refractivity contribution in [1.82, 2.24) is 29.1 Å². The lowest BCUT2D eigenvalue weighted by atomic mass is 10.1. The minimum absolute atomic E-state index is 0.00225. The van der Waals surface area contributed by atoms with E-state index in [1.54, 1.807) is 0 Å². The molecule has 0 fully saturated rings. The van der Waals surface area contributed by atoms with Crippen LogP contribution < -0.4 is 0 Å². The van der Waals surface area contributed by atoms with E-state index in [2.05, 4.69) is 19.9 Å². The van der Waals surface area contributed by atoms with Crippen LogP contribution in [0.4, 0.5) is 0 Å². The van der Waals surface area contributed by atoms with Crippen LogP contribution in [0, 0.1) is 0 Å². The molecule has 0 saturated carbocycles. The van der Waals surface area contributed by atoms with Crippen molar-refractivity contribution in [2.24, 2.45) is 0 Å². The van der Waals surface area contributed by atoms with Gasteiger partial charge in [0.05, 0.1) is 62.1 Å². The highest BCUT2D eigenvalue weighted by molar-refractivity contribution is 6.09. The Morgan fingerprint density at radius 1 is 0.500 bits per heavy atom. The molecule has 0 aliphatic carbocycles. The Labute approximate surface area is 282 Å². The number of nitrogens with zero attached hydrogens (tertiary/aromatic N) is 6. The molecule has 4 aromatic heterocycles. The average molecular weight is 586 g/mol. The fraction of sp³-hybridized carbons (Fsp3) is 0. The summed E-state index contributed by atoms with van der Waals surface area (Å²) in [6, 6.07) is -13.4. The minimum Gasteiger partial charge on any atom is -0.307 e. The maximum Gasteiger partial charge on any atom is 0.238 e. The largest absolute Gasteiger partial charge is 0.307 e. The molecule has 0 aliphatic heterocycles. The fourth-order valence-corrected chi connectivity index (χ4v) is 5.07. The van der Waals surface area contributed by atoms with Gasteiger partial charge in [0.1, 0.15) is 0 Å². The van der Waals surface area contributed by atoms with E-state index in [-0.39, 0.29) is 21.9 Å². The highest BCUT2D eigenvalue weighted by Crippen LogP contribution is 2.36. The third-order valence-electron chi connectivity index (χ3n) is 6.85. The van der Waals surface area contributed by atoms with Gasteiger partial charge in [0.15, 0.2) is 11.6 Å². The number of aromatic nitrogens is 6. The Morgan fingerprint density at radius 3 is 1.84 bits per heavy atom. The number of hydrogen-bond acceptors (Lipinski definition) is 4. The van der Waals surface area contributed by atoms with E-state index in [0.717, 1.165) is 9.13 Å². The van der Waals surface area contributed by atoms with Gasteiger partial charge >= 0.3 is 0 Å². The van der Waals surface area contributed by atoms with Gasteiger partial charge in [-0.1, -0.05) is 96.7 Å². The van der Waals surface area contributed by atoms with Crippen LogP contribution in [0.25, 0.3) is 78.2 Å². The number of hydrogen-bond donors (Lipinski definition) is 0. The molecule has 0 saturated heterocycles. The van der Waals surface area contributed by atoms with Crippen LogP contribution in [0.2, 0.25) is 0 Å². The smallest absolute Gasteiger partial charge is 0.238 e. The van der Waals surface area contributed by atoms with Crippen molar-refractivity contribution in [3.05, 3.63) is 145 Å². The first kappa shape index (κ1) is 11.5. The van der Waals surface area contributed by atoms with Gasteiger partial charge in [-0.15, -0.1) is 0 Å². The summed E-state index contributed by atoms with van der Waals surface area (Å²) in [5.74, 6) is -2.28. The molecule has 0 N–H and O–H groups in total. The molecule has 6 nitrogen and oxygen atoms in total. The molecule has 0 amide bonds. The van der Waals surface area contributed by atoms with Gasteiger partial charge in [-0.2, -0.15) is 9.97 Å². The Bertz CT molecular complexity index is 3590. The molecule has 44 heavy (non-hydrogen) atoms. The molecule has 0 spiro atoms. The summed E-state index contributed by atoms with van der Waals surface area (Å²) in [6.45, 7) is 0. The van der Waals surface area contributed by atoms with Crippen LogP contribution in [-0.2, 0) is 0 Å². The number of para-hydroxylation sites is 4. The maximum absolute atomic E-state index is 9.36. The molecule has 0 unspecified atom stereocenters. The Hall–Kier alpha value is -6.14. The summed E-state index contributed by atoms with van der Waals surface area (Å²) in [4.78, 5) is 17.8. The van der Waals surface area contributed by atoms with Crippen molar-refractivity contribution in [1.29, 1.82) is 0 Å². The van der Waals surface area contributed by atoms with E-state index in [1.807, 2.05) is 0 Å². The number of benzene rings is 5. The molecule has 9 rings (SSSR count). The first-order valence-electron chi connectivity index (χ1n) is 23.4. The van der Waals surface area contributed by atoms with Crippen molar-refractivity contribution in [3.8, 4) is 34.4 Å². The monoisotopic (exact) mass is 585 g/mol. The molecule has 5 aromatic carbocycles. The SMILES string of the molecule is [2H]c1c([2H])c([2H])c(-c2nc(-c3c([2H])c([2H])c([2H])c([2H])c3-n3c4cccnc4c4c([2H])c([2H])c([2H])c([2H])c43)nc(-n3c4c([2H])c([2H])c([2H])c([2H])c4c4c([2H])c([2H])c([2H])c([2H])c43)n2)c([2H])c1[2H]. The second-order valence-corrected chi connectivity index (χ2v) is 9.22. The predicted octanol–water partition coefficient (Wildman–Crippen LogP) is 8.79. The second kappa shape index (κ2) is 9.71. The van der Waals surface area contributed by atoms with Crippen molar-refractivity contribution < 1.29 is 28.8 Å². The van der Waals surface area contributed by atoms with Gasteiger partial charge < -0.3 is 4.57 Å². The first-order valence-corrected chi connectivity index (χ1v) is 12.9. The summed E-state index contributed by atoms with van der Waals surface area (Å²) in [5.41, 5.74) is -3.08. The molecule has 206 valence electrons. The van der Waals surface area contributed by atoms with E-state index >= 15 is 0 Å². The molecule has 6 heteroatoms. The Balaban J connectivity index is 1.56. The maximum atomic E-state index is 9.36. The third-order valence-corrected chi connectivity index (χ3v) is 6.85. The summed E-state index contributed by atoms with van der Waals surface area (Å²) >= 11 is 0. The number of rotatable bonds is 4. The zero-order valence-electron chi connectivity index (χ0n) is 42.9. The van der Waals surface area contributed by atoms with Crippen molar-refractivity contribution in [2.75, 3.05) is 0 Å².